The zero-order chi connectivity index (χ0) is 21.2. The number of hydrogen-bond acceptors (Lipinski definition) is 5. The molecule has 0 aliphatic rings. The van der Waals surface area contributed by atoms with E-state index in [1.165, 1.54) is 7.11 Å². The minimum atomic E-state index is -2.90. The van der Waals surface area contributed by atoms with Crippen molar-refractivity contribution in [2.45, 2.75) is 46.3 Å². The van der Waals surface area contributed by atoms with Crippen molar-refractivity contribution < 1.29 is 18.3 Å². The van der Waals surface area contributed by atoms with Gasteiger partial charge in [0, 0.05) is 18.5 Å². The zero-order valence-electron chi connectivity index (χ0n) is 17.6. The van der Waals surface area contributed by atoms with Crippen molar-refractivity contribution >= 4 is 41.3 Å². The summed E-state index contributed by atoms with van der Waals surface area (Å²) < 4.78 is 34.7. The fraction of sp³-hybridized carbons (Fsp3) is 0.500. The van der Waals surface area contributed by atoms with E-state index in [1.807, 2.05) is 13.0 Å². The summed E-state index contributed by atoms with van der Waals surface area (Å²) in [6.45, 7) is 5.15. The third-order valence-corrected chi connectivity index (χ3v) is 4.88. The van der Waals surface area contributed by atoms with Gasteiger partial charge in [-0.3, -0.25) is 0 Å². The highest BCUT2D eigenvalue weighted by atomic mass is 127. The highest BCUT2D eigenvalue weighted by Crippen LogP contribution is 2.29. The standard InChI is InChI=1S/C20H28F2N4O2S.HI/c1-5-23-20(25-11-18-26-15(12-29-18)13(2)3)24-9-8-14-6-7-16(27-4)17(10-14)28-19(21)22;/h6-7,10,12-13,19H,5,8-9,11H2,1-4H3,(H2,23,24,25);1H. The van der Waals surface area contributed by atoms with E-state index in [4.69, 9.17) is 4.74 Å². The molecule has 6 nitrogen and oxygen atoms in total. The molecule has 2 aromatic rings. The predicted octanol–water partition coefficient (Wildman–Crippen LogP) is 4.79. The number of hydrogen-bond donors (Lipinski definition) is 2. The number of aliphatic imine (C=N–C) groups is 1. The fourth-order valence-corrected chi connectivity index (χ4v) is 3.42. The second-order valence-corrected chi connectivity index (χ2v) is 7.50. The van der Waals surface area contributed by atoms with Crippen LogP contribution in [0, 0.1) is 0 Å². The molecule has 0 aliphatic carbocycles. The van der Waals surface area contributed by atoms with E-state index in [1.54, 1.807) is 23.5 Å². The maximum Gasteiger partial charge on any atom is 0.387 e. The van der Waals surface area contributed by atoms with Crippen LogP contribution in [-0.2, 0) is 13.0 Å². The Morgan fingerprint density at radius 1 is 1.23 bits per heavy atom. The van der Waals surface area contributed by atoms with Crippen molar-refractivity contribution in [3.05, 3.63) is 39.8 Å². The molecule has 10 heteroatoms. The van der Waals surface area contributed by atoms with Gasteiger partial charge in [-0.1, -0.05) is 19.9 Å². The van der Waals surface area contributed by atoms with Gasteiger partial charge in [0.25, 0.3) is 0 Å². The van der Waals surface area contributed by atoms with E-state index >= 15 is 0 Å². The van der Waals surface area contributed by atoms with E-state index in [9.17, 15) is 8.78 Å². The first-order valence-electron chi connectivity index (χ1n) is 9.51. The Morgan fingerprint density at radius 2 is 2.00 bits per heavy atom. The number of halogens is 3. The molecule has 2 N–H and O–H groups in total. The molecule has 1 aromatic heterocycles. The molecule has 0 unspecified atom stereocenters. The van der Waals surface area contributed by atoms with Crippen LogP contribution >= 0.6 is 35.3 Å². The van der Waals surface area contributed by atoms with Gasteiger partial charge in [0.2, 0.25) is 0 Å². The van der Waals surface area contributed by atoms with Crippen LogP contribution < -0.4 is 20.1 Å². The number of ether oxygens (including phenoxy) is 2. The summed E-state index contributed by atoms with van der Waals surface area (Å²) in [5.74, 6) is 1.40. The maximum absolute atomic E-state index is 12.6. The smallest absolute Gasteiger partial charge is 0.387 e. The lowest BCUT2D eigenvalue weighted by Gasteiger charge is -2.13. The van der Waals surface area contributed by atoms with Crippen LogP contribution in [0.3, 0.4) is 0 Å². The van der Waals surface area contributed by atoms with Gasteiger partial charge in [0.1, 0.15) is 5.01 Å². The van der Waals surface area contributed by atoms with Gasteiger partial charge >= 0.3 is 6.61 Å². The molecule has 0 saturated heterocycles. The van der Waals surface area contributed by atoms with Crippen LogP contribution in [0.2, 0.25) is 0 Å². The first-order valence-corrected chi connectivity index (χ1v) is 10.4. The molecular formula is C20H29F2IN4O2S. The highest BCUT2D eigenvalue weighted by molar-refractivity contribution is 14.0. The lowest BCUT2D eigenvalue weighted by molar-refractivity contribution is -0.0512. The van der Waals surface area contributed by atoms with Gasteiger partial charge < -0.3 is 20.1 Å². The summed E-state index contributed by atoms with van der Waals surface area (Å²) in [5.41, 5.74) is 1.94. The minimum Gasteiger partial charge on any atom is -0.493 e. The number of methoxy groups -OCH3 is 1. The van der Waals surface area contributed by atoms with E-state index in [2.05, 4.69) is 44.6 Å². The largest absolute Gasteiger partial charge is 0.493 e. The minimum absolute atomic E-state index is 0. The van der Waals surface area contributed by atoms with Crippen LogP contribution in [-0.4, -0.2) is 37.8 Å². The highest BCUT2D eigenvalue weighted by Gasteiger charge is 2.11. The average molecular weight is 554 g/mol. The summed E-state index contributed by atoms with van der Waals surface area (Å²) in [5, 5.41) is 9.49. The van der Waals surface area contributed by atoms with E-state index in [0.29, 0.717) is 31.4 Å². The van der Waals surface area contributed by atoms with E-state index < -0.39 is 6.61 Å². The Balaban J connectivity index is 0.00000450. The van der Waals surface area contributed by atoms with Crippen LogP contribution in [0.15, 0.2) is 28.6 Å². The SMILES string of the molecule is CCNC(=NCc1nc(C(C)C)cs1)NCCc1ccc(OC)c(OC(F)F)c1.I. The molecule has 2 rings (SSSR count). The quantitative estimate of drug-likeness (QED) is 0.251. The number of guanidine groups is 1. The Bertz CT molecular complexity index is 803. The fourth-order valence-electron chi connectivity index (χ4n) is 2.54. The van der Waals surface area contributed by atoms with Gasteiger partial charge in [0.05, 0.1) is 19.3 Å². The molecule has 0 bridgehead atoms. The van der Waals surface area contributed by atoms with E-state index in [0.717, 1.165) is 22.8 Å². The number of aromatic nitrogens is 1. The topological polar surface area (TPSA) is 67.8 Å². The van der Waals surface area contributed by atoms with Crippen molar-refractivity contribution in [3.8, 4) is 11.5 Å². The maximum atomic E-state index is 12.6. The van der Waals surface area contributed by atoms with Crippen molar-refractivity contribution in [3.63, 3.8) is 0 Å². The summed E-state index contributed by atoms with van der Waals surface area (Å²) in [6.07, 6.45) is 0.614. The number of rotatable bonds is 10. The third-order valence-electron chi connectivity index (χ3n) is 4.03. The van der Waals surface area contributed by atoms with Crippen LogP contribution in [0.25, 0.3) is 0 Å². The van der Waals surface area contributed by atoms with Gasteiger partial charge in [-0.2, -0.15) is 8.78 Å². The molecule has 0 fully saturated rings. The molecule has 0 spiro atoms. The summed E-state index contributed by atoms with van der Waals surface area (Å²) in [4.78, 5) is 9.16. The van der Waals surface area contributed by atoms with Crippen molar-refractivity contribution in [2.75, 3.05) is 20.2 Å². The molecule has 0 saturated carbocycles. The molecular weight excluding hydrogens is 525 g/mol. The molecule has 0 aliphatic heterocycles. The molecule has 0 amide bonds. The average Bonchev–Trinajstić information content (AvgIpc) is 3.15. The zero-order valence-corrected chi connectivity index (χ0v) is 20.7. The van der Waals surface area contributed by atoms with Crippen molar-refractivity contribution in [1.29, 1.82) is 0 Å². The Hall–Kier alpha value is -1.69. The Kier molecular flexibility index (Phi) is 11.9. The number of thiazole rings is 1. The molecule has 0 atom stereocenters. The van der Waals surface area contributed by atoms with Crippen LogP contribution in [0.1, 0.15) is 43.0 Å². The van der Waals surface area contributed by atoms with Crippen LogP contribution in [0.4, 0.5) is 8.78 Å². The summed E-state index contributed by atoms with van der Waals surface area (Å²) in [7, 11) is 1.42. The number of nitrogens with one attached hydrogen (secondary N) is 2. The van der Waals surface area contributed by atoms with E-state index in [-0.39, 0.29) is 35.5 Å². The van der Waals surface area contributed by atoms with Gasteiger partial charge in [-0.05, 0) is 37.0 Å². The molecule has 0 radical (unpaired) electrons. The lowest BCUT2D eigenvalue weighted by Crippen LogP contribution is -2.38. The number of nitrogens with zero attached hydrogens (tertiary/aromatic N) is 2. The summed E-state index contributed by atoms with van der Waals surface area (Å²) >= 11 is 1.61. The molecule has 1 aromatic carbocycles. The first kappa shape index (κ1) is 26.3. The summed E-state index contributed by atoms with van der Waals surface area (Å²) in [6, 6.07) is 5.02. The van der Waals surface area contributed by atoms with Crippen molar-refractivity contribution in [1.82, 2.24) is 15.6 Å². The number of benzene rings is 1. The Labute approximate surface area is 197 Å². The van der Waals surface area contributed by atoms with Gasteiger partial charge in [0.15, 0.2) is 17.5 Å². The first-order chi connectivity index (χ1) is 13.9. The van der Waals surface area contributed by atoms with Gasteiger partial charge in [-0.25, -0.2) is 9.98 Å². The molecule has 30 heavy (non-hydrogen) atoms. The van der Waals surface area contributed by atoms with Gasteiger partial charge in [-0.15, -0.1) is 35.3 Å². The Morgan fingerprint density at radius 3 is 2.60 bits per heavy atom. The lowest BCUT2D eigenvalue weighted by atomic mass is 10.1. The van der Waals surface area contributed by atoms with Crippen LogP contribution in [0.5, 0.6) is 11.5 Å². The predicted molar refractivity (Wildman–Crippen MR) is 128 cm³/mol. The monoisotopic (exact) mass is 554 g/mol. The molecule has 168 valence electrons. The second-order valence-electron chi connectivity index (χ2n) is 6.56. The normalized spacial score (nSPS) is 11.4. The third kappa shape index (κ3) is 8.58. The second kappa shape index (κ2) is 13.6. The van der Waals surface area contributed by atoms with Crippen molar-refractivity contribution in [2.24, 2.45) is 4.99 Å². The number of alkyl halides is 2. The molecule has 1 heterocycles.